The number of carbonyl (C=O) groups excluding carboxylic acids is 1. The second kappa shape index (κ2) is 12.3. The minimum atomic E-state index is -0.729. The van der Waals surface area contributed by atoms with Crippen molar-refractivity contribution < 1.29 is 9.53 Å². The fourth-order valence-corrected chi connectivity index (χ4v) is 4.91. The highest BCUT2D eigenvalue weighted by molar-refractivity contribution is 6.30. The number of rotatable bonds is 10. The lowest BCUT2D eigenvalue weighted by molar-refractivity contribution is -0.136. The maximum absolute atomic E-state index is 13.9. The number of nitrogens with two attached hydrogens (primary N) is 1. The normalized spacial score (nSPS) is 12.0. The lowest BCUT2D eigenvalue weighted by Crippen LogP contribution is -2.34. The summed E-state index contributed by atoms with van der Waals surface area (Å²) < 4.78 is 7.14. The van der Waals surface area contributed by atoms with E-state index in [2.05, 4.69) is 12.0 Å². The van der Waals surface area contributed by atoms with Gasteiger partial charge in [-0.15, -0.1) is 0 Å². The second-order valence-corrected chi connectivity index (χ2v) is 10.2. The molecule has 0 saturated heterocycles. The third-order valence-corrected chi connectivity index (χ3v) is 7.15. The maximum atomic E-state index is 13.9. The monoisotopic (exact) mass is 554 g/mol. The molecule has 204 valence electrons. The average molecular weight is 555 g/mol. The molecule has 3 N–H and O–H groups in total. The summed E-state index contributed by atoms with van der Waals surface area (Å²) in [7, 11) is 0. The Morgan fingerprint density at radius 3 is 2.48 bits per heavy atom. The molecule has 0 amide bonds. The van der Waals surface area contributed by atoms with Crippen LogP contribution in [0.4, 0.5) is 0 Å². The van der Waals surface area contributed by atoms with Crippen LogP contribution in [0.1, 0.15) is 43.9 Å². The summed E-state index contributed by atoms with van der Waals surface area (Å²) in [5, 5.41) is 3.91. The van der Waals surface area contributed by atoms with Gasteiger partial charge in [-0.1, -0.05) is 98.5 Å². The highest BCUT2D eigenvalue weighted by Gasteiger charge is 2.22. The highest BCUT2D eigenvalue weighted by atomic mass is 35.5. The number of halogens is 1. The number of carbonyl (C=O) groups is 1. The van der Waals surface area contributed by atoms with Gasteiger partial charge < -0.3 is 10.5 Å². The molecule has 0 radical (unpaired) electrons. The Hall–Kier alpha value is -4.20. The predicted molar refractivity (Wildman–Crippen MR) is 159 cm³/mol. The van der Waals surface area contributed by atoms with Gasteiger partial charge in [0.1, 0.15) is 11.8 Å². The van der Waals surface area contributed by atoms with Crippen molar-refractivity contribution in [3.8, 4) is 28.0 Å². The standard InChI is InChI=1S/C32H31ClN4O3/c1-2-3-5-13-26(34)32(39)40-28-14-9-8-12-24(28)25-20-35-30-29(22-15-17-23(33)18-16-22)27(36-37(30)31(25)38)19-21-10-6-4-7-11-21/h4,6-12,14-18,20,26,36H,2-3,5,13,19,34H2,1H3/t26-/m1/s1. The van der Waals surface area contributed by atoms with E-state index in [-0.39, 0.29) is 11.3 Å². The minimum absolute atomic E-state index is 0.270. The number of unbranched alkanes of at least 4 members (excludes halogenated alkanes) is 2. The Balaban J connectivity index is 1.56. The van der Waals surface area contributed by atoms with E-state index in [9.17, 15) is 9.59 Å². The van der Waals surface area contributed by atoms with Crippen molar-refractivity contribution in [1.82, 2.24) is 14.6 Å². The molecule has 0 aliphatic rings. The smallest absolute Gasteiger partial charge is 0.328 e. The average Bonchev–Trinajstić information content (AvgIpc) is 3.33. The van der Waals surface area contributed by atoms with Gasteiger partial charge in [0.25, 0.3) is 5.56 Å². The van der Waals surface area contributed by atoms with Crippen LogP contribution in [0.5, 0.6) is 5.75 Å². The van der Waals surface area contributed by atoms with E-state index in [4.69, 9.17) is 27.1 Å². The molecule has 2 heterocycles. The number of fused-ring (bicyclic) bond motifs is 1. The van der Waals surface area contributed by atoms with Gasteiger partial charge in [-0.05, 0) is 35.7 Å². The number of H-pyrrole nitrogens is 1. The number of hydrogen-bond acceptors (Lipinski definition) is 5. The molecule has 0 aliphatic heterocycles. The molecule has 0 bridgehead atoms. The molecule has 5 rings (SSSR count). The van der Waals surface area contributed by atoms with Crippen molar-refractivity contribution in [3.63, 3.8) is 0 Å². The van der Waals surface area contributed by atoms with Gasteiger partial charge in [-0.25, -0.2) is 14.3 Å². The molecule has 7 nitrogen and oxygen atoms in total. The second-order valence-electron chi connectivity index (χ2n) is 9.79. The molecule has 5 aromatic rings. The molecule has 0 fully saturated rings. The van der Waals surface area contributed by atoms with Crippen molar-refractivity contribution in [1.29, 1.82) is 0 Å². The van der Waals surface area contributed by atoms with Crippen LogP contribution in [0.2, 0.25) is 5.02 Å². The van der Waals surface area contributed by atoms with Crippen LogP contribution in [-0.2, 0) is 11.2 Å². The number of benzene rings is 3. The van der Waals surface area contributed by atoms with E-state index in [1.807, 2.05) is 54.6 Å². The number of hydrogen-bond donors (Lipinski definition) is 2. The summed E-state index contributed by atoms with van der Waals surface area (Å²) in [5.74, 6) is -0.251. The van der Waals surface area contributed by atoms with Crippen LogP contribution in [0.3, 0.4) is 0 Å². The molecular formula is C32H31ClN4O3. The fourth-order valence-electron chi connectivity index (χ4n) is 4.79. The molecule has 40 heavy (non-hydrogen) atoms. The number of nitrogens with zero attached hydrogens (tertiary/aromatic N) is 2. The lowest BCUT2D eigenvalue weighted by Gasteiger charge is -2.13. The zero-order chi connectivity index (χ0) is 28.1. The Labute approximate surface area is 237 Å². The zero-order valence-electron chi connectivity index (χ0n) is 22.3. The van der Waals surface area contributed by atoms with Gasteiger partial charge in [0, 0.05) is 34.5 Å². The minimum Gasteiger partial charge on any atom is -0.425 e. The summed E-state index contributed by atoms with van der Waals surface area (Å²) in [4.78, 5) is 31.3. The molecule has 8 heteroatoms. The predicted octanol–water partition coefficient (Wildman–Crippen LogP) is 6.41. The number of aromatic nitrogens is 3. The summed E-state index contributed by atoms with van der Waals surface area (Å²) in [6, 6.07) is 23.7. The van der Waals surface area contributed by atoms with E-state index in [1.165, 1.54) is 10.7 Å². The number of ether oxygens (including phenoxy) is 1. The van der Waals surface area contributed by atoms with Crippen molar-refractivity contribution in [2.45, 2.75) is 45.1 Å². The van der Waals surface area contributed by atoms with Crippen LogP contribution in [0.25, 0.3) is 27.9 Å². The van der Waals surface area contributed by atoms with E-state index in [0.29, 0.717) is 34.6 Å². The van der Waals surface area contributed by atoms with E-state index in [1.54, 1.807) is 24.3 Å². The van der Waals surface area contributed by atoms with Crippen LogP contribution < -0.4 is 16.0 Å². The van der Waals surface area contributed by atoms with Crippen LogP contribution in [0.15, 0.2) is 89.9 Å². The van der Waals surface area contributed by atoms with Gasteiger partial charge >= 0.3 is 5.97 Å². The van der Waals surface area contributed by atoms with Crippen LogP contribution >= 0.6 is 11.6 Å². The quantitative estimate of drug-likeness (QED) is 0.118. The first-order valence-electron chi connectivity index (χ1n) is 13.5. The van der Waals surface area contributed by atoms with Gasteiger partial charge in [-0.2, -0.15) is 0 Å². The molecule has 0 spiro atoms. The Morgan fingerprint density at radius 1 is 1.00 bits per heavy atom. The molecule has 2 aromatic heterocycles. The maximum Gasteiger partial charge on any atom is 0.328 e. The molecule has 1 atom stereocenters. The molecule has 3 aromatic carbocycles. The van der Waals surface area contributed by atoms with Crippen molar-refractivity contribution in [3.05, 3.63) is 112 Å². The molecule has 0 aliphatic carbocycles. The number of nitrogens with one attached hydrogen (secondary N) is 1. The van der Waals surface area contributed by atoms with Crippen LogP contribution in [0, 0.1) is 0 Å². The van der Waals surface area contributed by atoms with E-state index < -0.39 is 12.0 Å². The van der Waals surface area contributed by atoms with Gasteiger partial charge in [0.05, 0.1) is 5.56 Å². The molecule has 0 saturated carbocycles. The number of esters is 1. The Morgan fingerprint density at radius 2 is 1.73 bits per heavy atom. The van der Waals surface area contributed by atoms with Gasteiger partial charge in [0.15, 0.2) is 5.65 Å². The summed E-state index contributed by atoms with van der Waals surface area (Å²) >= 11 is 6.15. The SMILES string of the molecule is CCCCC[C@@H](N)C(=O)Oc1ccccc1-c1cnc2c(-c3ccc(Cl)cc3)c(Cc3ccccc3)[nH]n2c1=O. The van der Waals surface area contributed by atoms with Crippen molar-refractivity contribution >= 4 is 23.2 Å². The Kier molecular flexibility index (Phi) is 8.43. The first-order valence-corrected chi connectivity index (χ1v) is 13.8. The van der Waals surface area contributed by atoms with Gasteiger partial charge in [0.2, 0.25) is 0 Å². The largest absolute Gasteiger partial charge is 0.425 e. The molecular weight excluding hydrogens is 524 g/mol. The van der Waals surface area contributed by atoms with E-state index in [0.717, 1.165) is 41.6 Å². The zero-order valence-corrected chi connectivity index (χ0v) is 23.0. The topological polar surface area (TPSA) is 102 Å². The first kappa shape index (κ1) is 27.4. The molecule has 0 unspecified atom stereocenters. The third-order valence-electron chi connectivity index (χ3n) is 6.90. The summed E-state index contributed by atoms with van der Waals surface area (Å²) in [6.45, 7) is 2.09. The Bertz CT molecular complexity index is 1680. The van der Waals surface area contributed by atoms with Crippen molar-refractivity contribution in [2.24, 2.45) is 5.73 Å². The van der Waals surface area contributed by atoms with Gasteiger partial charge in [-0.3, -0.25) is 9.89 Å². The number of para-hydroxylation sites is 1. The number of aromatic amines is 1. The van der Waals surface area contributed by atoms with E-state index >= 15 is 0 Å². The first-order chi connectivity index (χ1) is 19.5. The summed E-state index contributed by atoms with van der Waals surface area (Å²) in [6.07, 6.45) is 5.54. The third kappa shape index (κ3) is 5.86. The highest BCUT2D eigenvalue weighted by Crippen LogP contribution is 2.32. The van der Waals surface area contributed by atoms with Crippen LogP contribution in [-0.4, -0.2) is 26.6 Å². The summed E-state index contributed by atoms with van der Waals surface area (Å²) in [5.41, 5.74) is 10.7. The fraction of sp³-hybridized carbons (Fsp3) is 0.219. The van der Waals surface area contributed by atoms with Crippen molar-refractivity contribution in [2.75, 3.05) is 0 Å². The lowest BCUT2D eigenvalue weighted by atomic mass is 10.0.